The molecule has 2 aliphatic rings. The molecular formula is C14H20ClN3O. The first-order valence-electron chi connectivity index (χ1n) is 7.04. The lowest BCUT2D eigenvalue weighted by molar-refractivity contribution is 0.231. The van der Waals surface area contributed by atoms with Crippen molar-refractivity contribution < 1.29 is 4.74 Å². The van der Waals surface area contributed by atoms with Crippen LogP contribution >= 0.6 is 11.6 Å². The van der Waals surface area contributed by atoms with E-state index < -0.39 is 0 Å². The highest BCUT2D eigenvalue weighted by molar-refractivity contribution is 6.20. The van der Waals surface area contributed by atoms with Crippen molar-refractivity contribution in [2.45, 2.75) is 63.1 Å². The zero-order chi connectivity index (χ0) is 13.4. The van der Waals surface area contributed by atoms with E-state index in [0.29, 0.717) is 23.3 Å². The molecule has 104 valence electrons. The van der Waals surface area contributed by atoms with Crippen LogP contribution in [0.15, 0.2) is 12.4 Å². The van der Waals surface area contributed by atoms with Gasteiger partial charge in [-0.25, -0.2) is 0 Å². The number of hydrogen-bond donors (Lipinski definition) is 0. The van der Waals surface area contributed by atoms with Gasteiger partial charge in [0, 0.05) is 17.5 Å². The molecule has 0 aliphatic carbocycles. The van der Waals surface area contributed by atoms with Crippen molar-refractivity contribution in [2.75, 3.05) is 4.90 Å². The fourth-order valence-electron chi connectivity index (χ4n) is 3.25. The third-order valence-electron chi connectivity index (χ3n) is 3.90. The Morgan fingerprint density at radius 1 is 1.26 bits per heavy atom. The normalized spacial score (nSPS) is 29.9. The van der Waals surface area contributed by atoms with Crippen molar-refractivity contribution >= 4 is 17.4 Å². The molecular weight excluding hydrogens is 262 g/mol. The molecule has 0 spiro atoms. The van der Waals surface area contributed by atoms with Crippen LogP contribution in [-0.4, -0.2) is 33.5 Å². The SMILES string of the molecule is CC(C)Oc1cncc(N2C3CCC2CC(Cl)C3)n1. The number of rotatable bonds is 3. The van der Waals surface area contributed by atoms with Crippen LogP contribution in [-0.2, 0) is 0 Å². The number of nitrogens with zero attached hydrogens (tertiary/aromatic N) is 3. The summed E-state index contributed by atoms with van der Waals surface area (Å²) >= 11 is 6.31. The van der Waals surface area contributed by atoms with Crippen molar-refractivity contribution in [3.63, 3.8) is 0 Å². The smallest absolute Gasteiger partial charge is 0.234 e. The van der Waals surface area contributed by atoms with Crippen LogP contribution in [0.4, 0.5) is 5.82 Å². The first kappa shape index (κ1) is 13.0. The topological polar surface area (TPSA) is 38.2 Å². The highest BCUT2D eigenvalue weighted by Gasteiger charge is 2.40. The number of halogens is 1. The van der Waals surface area contributed by atoms with Crippen molar-refractivity contribution in [1.29, 1.82) is 0 Å². The van der Waals surface area contributed by atoms with Crippen molar-refractivity contribution in [3.05, 3.63) is 12.4 Å². The average molecular weight is 282 g/mol. The van der Waals surface area contributed by atoms with E-state index in [2.05, 4.69) is 14.9 Å². The highest BCUT2D eigenvalue weighted by Crippen LogP contribution is 2.40. The van der Waals surface area contributed by atoms with E-state index in [4.69, 9.17) is 16.3 Å². The Morgan fingerprint density at radius 2 is 1.95 bits per heavy atom. The largest absolute Gasteiger partial charge is 0.474 e. The van der Waals surface area contributed by atoms with Crippen LogP contribution < -0.4 is 9.64 Å². The fraction of sp³-hybridized carbons (Fsp3) is 0.714. The Morgan fingerprint density at radius 3 is 2.58 bits per heavy atom. The van der Waals surface area contributed by atoms with E-state index in [-0.39, 0.29) is 6.10 Å². The summed E-state index contributed by atoms with van der Waals surface area (Å²) in [7, 11) is 0. The molecule has 1 aromatic rings. The molecule has 0 N–H and O–H groups in total. The van der Waals surface area contributed by atoms with Crippen molar-refractivity contribution in [2.24, 2.45) is 0 Å². The molecule has 3 rings (SSSR count). The summed E-state index contributed by atoms with van der Waals surface area (Å²) in [6.07, 6.45) is 8.17. The second-order valence-corrected chi connectivity index (χ2v) is 6.36. The molecule has 5 heteroatoms. The van der Waals surface area contributed by atoms with Gasteiger partial charge in [0.15, 0.2) is 5.82 Å². The number of anilines is 1. The van der Waals surface area contributed by atoms with Crippen molar-refractivity contribution in [1.82, 2.24) is 9.97 Å². The molecule has 0 radical (unpaired) electrons. The van der Waals surface area contributed by atoms with Gasteiger partial charge in [-0.05, 0) is 39.5 Å². The van der Waals surface area contributed by atoms with Gasteiger partial charge in [0.25, 0.3) is 0 Å². The zero-order valence-corrected chi connectivity index (χ0v) is 12.2. The molecule has 1 aromatic heterocycles. The van der Waals surface area contributed by atoms with E-state index in [1.165, 1.54) is 12.8 Å². The summed E-state index contributed by atoms with van der Waals surface area (Å²) in [5.41, 5.74) is 0. The van der Waals surface area contributed by atoms with Crippen molar-refractivity contribution in [3.8, 4) is 5.88 Å². The summed E-state index contributed by atoms with van der Waals surface area (Å²) in [6, 6.07) is 1.04. The van der Waals surface area contributed by atoms with Crippen LogP contribution in [0.5, 0.6) is 5.88 Å². The number of fused-ring (bicyclic) bond motifs is 2. The van der Waals surface area contributed by atoms with Gasteiger partial charge >= 0.3 is 0 Å². The van der Waals surface area contributed by atoms with Gasteiger partial charge in [0.05, 0.1) is 18.5 Å². The lowest BCUT2D eigenvalue weighted by Gasteiger charge is -2.37. The van der Waals surface area contributed by atoms with Gasteiger partial charge in [-0.3, -0.25) is 4.98 Å². The maximum absolute atomic E-state index is 6.31. The van der Waals surface area contributed by atoms with Gasteiger partial charge in [0.2, 0.25) is 5.88 Å². The maximum Gasteiger partial charge on any atom is 0.234 e. The van der Waals surface area contributed by atoms with E-state index in [0.717, 1.165) is 18.7 Å². The van der Waals surface area contributed by atoms with Gasteiger partial charge in [-0.1, -0.05) is 0 Å². The maximum atomic E-state index is 6.31. The number of ether oxygens (including phenoxy) is 1. The van der Waals surface area contributed by atoms with Crippen LogP contribution in [0.1, 0.15) is 39.5 Å². The minimum Gasteiger partial charge on any atom is -0.474 e. The quantitative estimate of drug-likeness (QED) is 0.799. The minimum atomic E-state index is 0.120. The van der Waals surface area contributed by atoms with Crippen LogP contribution in [0.2, 0.25) is 0 Å². The first-order valence-corrected chi connectivity index (χ1v) is 7.48. The lowest BCUT2D eigenvalue weighted by atomic mass is 10.0. The standard InChI is InChI=1S/C14H20ClN3O/c1-9(2)19-14-8-16-7-13(17-14)18-11-3-4-12(18)6-10(15)5-11/h7-12H,3-6H2,1-2H3. The Kier molecular flexibility index (Phi) is 3.52. The number of hydrogen-bond acceptors (Lipinski definition) is 4. The molecule has 0 saturated carbocycles. The number of alkyl halides is 1. The third kappa shape index (κ3) is 2.64. The Balaban J connectivity index is 1.82. The van der Waals surface area contributed by atoms with E-state index in [9.17, 15) is 0 Å². The average Bonchev–Trinajstić information content (AvgIpc) is 2.61. The van der Waals surface area contributed by atoms with E-state index in [1.807, 2.05) is 20.0 Å². The van der Waals surface area contributed by atoms with E-state index in [1.54, 1.807) is 6.20 Å². The predicted octanol–water partition coefficient (Wildman–Crippen LogP) is 3.00. The lowest BCUT2D eigenvalue weighted by Crippen LogP contribution is -2.44. The van der Waals surface area contributed by atoms with E-state index >= 15 is 0 Å². The molecule has 2 atom stereocenters. The number of piperidine rings is 1. The second kappa shape index (κ2) is 5.16. The van der Waals surface area contributed by atoms with Gasteiger partial charge in [0.1, 0.15) is 0 Å². The molecule has 3 heterocycles. The molecule has 2 bridgehead atoms. The van der Waals surface area contributed by atoms with Crippen LogP contribution in [0.3, 0.4) is 0 Å². The summed E-state index contributed by atoms with van der Waals surface area (Å²) < 4.78 is 5.63. The molecule has 0 aromatic carbocycles. The highest BCUT2D eigenvalue weighted by atomic mass is 35.5. The zero-order valence-electron chi connectivity index (χ0n) is 11.4. The summed E-state index contributed by atoms with van der Waals surface area (Å²) in [6.45, 7) is 3.99. The molecule has 0 amide bonds. The summed E-state index contributed by atoms with van der Waals surface area (Å²) in [4.78, 5) is 11.3. The van der Waals surface area contributed by atoms with Gasteiger partial charge < -0.3 is 9.64 Å². The first-order chi connectivity index (χ1) is 9.13. The summed E-state index contributed by atoms with van der Waals surface area (Å²) in [5.74, 6) is 1.55. The fourth-order valence-corrected chi connectivity index (χ4v) is 3.66. The third-order valence-corrected chi connectivity index (χ3v) is 4.25. The predicted molar refractivity (Wildman–Crippen MR) is 76.0 cm³/mol. The molecule has 2 fully saturated rings. The van der Waals surface area contributed by atoms with Crippen LogP contribution in [0.25, 0.3) is 0 Å². The minimum absolute atomic E-state index is 0.120. The van der Waals surface area contributed by atoms with Gasteiger partial charge in [-0.2, -0.15) is 4.98 Å². The van der Waals surface area contributed by atoms with Gasteiger partial charge in [-0.15, -0.1) is 11.6 Å². The Labute approximate surface area is 119 Å². The molecule has 2 aliphatic heterocycles. The molecule has 19 heavy (non-hydrogen) atoms. The summed E-state index contributed by atoms with van der Waals surface area (Å²) in [5, 5.41) is 0.316. The molecule has 2 saturated heterocycles. The number of aromatic nitrogens is 2. The second-order valence-electron chi connectivity index (χ2n) is 5.74. The molecule has 4 nitrogen and oxygen atoms in total. The Bertz CT molecular complexity index is 440. The van der Waals surface area contributed by atoms with Crippen LogP contribution in [0, 0.1) is 0 Å². The Hall–Kier alpha value is -1.03. The monoisotopic (exact) mass is 281 g/mol. The molecule has 2 unspecified atom stereocenters.